The van der Waals surface area contributed by atoms with Crippen molar-refractivity contribution in [2.45, 2.75) is 42.4 Å². The van der Waals surface area contributed by atoms with Gasteiger partial charge in [0.1, 0.15) is 4.91 Å². The Morgan fingerprint density at radius 3 is 2.24 bits per heavy atom. The van der Waals surface area contributed by atoms with Gasteiger partial charge in [-0.15, -0.1) is 0 Å². The third-order valence-corrected chi connectivity index (χ3v) is 10.3. The summed E-state index contributed by atoms with van der Waals surface area (Å²) < 4.78 is 26.6. The van der Waals surface area contributed by atoms with E-state index in [-0.39, 0.29) is 15.4 Å². The molecular formula is C29H22Cl3NO3S. The number of benzene rings is 3. The van der Waals surface area contributed by atoms with Crippen LogP contribution in [-0.4, -0.2) is 14.2 Å². The van der Waals surface area contributed by atoms with Crippen molar-refractivity contribution in [2.75, 3.05) is 4.90 Å². The Bertz CT molecular complexity index is 1620. The van der Waals surface area contributed by atoms with E-state index in [9.17, 15) is 13.2 Å². The molecule has 0 radical (unpaired) electrons. The number of nitrogens with zero attached hydrogens (tertiary/aromatic N) is 1. The van der Waals surface area contributed by atoms with Gasteiger partial charge >= 0.3 is 0 Å². The fourth-order valence-corrected chi connectivity index (χ4v) is 8.29. The van der Waals surface area contributed by atoms with Crippen molar-refractivity contribution < 1.29 is 13.2 Å². The largest absolute Gasteiger partial charge is 0.310 e. The summed E-state index contributed by atoms with van der Waals surface area (Å²) in [5.74, 6) is -0.494. The van der Waals surface area contributed by atoms with Crippen molar-refractivity contribution in [2.24, 2.45) is 0 Å². The molecule has 0 atom stereocenters. The van der Waals surface area contributed by atoms with Crippen LogP contribution in [-0.2, 0) is 15.3 Å². The van der Waals surface area contributed by atoms with E-state index in [1.807, 2.05) is 23.1 Å². The Hall–Kier alpha value is -2.57. The lowest BCUT2D eigenvalue weighted by molar-refractivity contribution is 0.104. The number of Topliss-reactive ketones (excluding diaryl/α,β-unsaturated/α-hetero) is 1. The second kappa shape index (κ2) is 9.02. The van der Waals surface area contributed by atoms with Crippen LogP contribution in [0.1, 0.15) is 48.0 Å². The van der Waals surface area contributed by atoms with E-state index < -0.39 is 21.0 Å². The van der Waals surface area contributed by atoms with Gasteiger partial charge in [0.05, 0.1) is 26.3 Å². The maximum absolute atomic E-state index is 13.3. The molecule has 0 N–H and O–H groups in total. The van der Waals surface area contributed by atoms with E-state index in [2.05, 4.69) is 0 Å². The number of ketones is 1. The van der Waals surface area contributed by atoms with Gasteiger partial charge in [0, 0.05) is 21.7 Å². The van der Waals surface area contributed by atoms with E-state index in [0.717, 1.165) is 49.1 Å². The van der Waals surface area contributed by atoms with Gasteiger partial charge in [0.2, 0.25) is 15.6 Å². The van der Waals surface area contributed by atoms with Gasteiger partial charge in [-0.05, 0) is 73.0 Å². The van der Waals surface area contributed by atoms with Gasteiger partial charge in [-0.25, -0.2) is 8.42 Å². The highest BCUT2D eigenvalue weighted by molar-refractivity contribution is 7.97. The third-order valence-electron chi connectivity index (χ3n) is 7.64. The molecular weight excluding hydrogens is 549 g/mol. The van der Waals surface area contributed by atoms with Gasteiger partial charge in [-0.1, -0.05) is 72.3 Å². The topological polar surface area (TPSA) is 54.5 Å². The standard InChI is InChI=1S/C29H22Cl3NO3S/c30-18-11-12-23-20(17-18)29(15-4-1-5-16-29)26(33(23)27-21(31)8-6-9-22(27)32)14-13-25-28(34)19-7-2-3-10-24(19)37(25,35)36/h2-3,6-14,17H,1,4-5,15-16H2/b25-13+,26-14+. The highest BCUT2D eigenvalue weighted by Gasteiger charge is 2.49. The molecule has 188 valence electrons. The van der Waals surface area contributed by atoms with Crippen molar-refractivity contribution in [1.29, 1.82) is 0 Å². The second-order valence-corrected chi connectivity index (χ2v) is 12.8. The first-order valence-electron chi connectivity index (χ1n) is 12.1. The summed E-state index contributed by atoms with van der Waals surface area (Å²) in [6, 6.07) is 17.4. The Labute approximate surface area is 231 Å². The monoisotopic (exact) mass is 569 g/mol. The molecule has 1 spiro atoms. The quantitative estimate of drug-likeness (QED) is 0.290. The zero-order valence-corrected chi connectivity index (χ0v) is 22.8. The molecule has 0 amide bonds. The van der Waals surface area contributed by atoms with Crippen LogP contribution in [0.15, 0.2) is 88.3 Å². The number of para-hydroxylation sites is 1. The molecule has 0 aromatic heterocycles. The number of carbonyl (C=O) groups is 1. The van der Waals surface area contributed by atoms with Crippen LogP contribution >= 0.6 is 34.8 Å². The molecule has 3 aliphatic rings. The Morgan fingerprint density at radius 1 is 0.838 bits per heavy atom. The lowest BCUT2D eigenvalue weighted by Gasteiger charge is -2.37. The molecule has 1 fully saturated rings. The molecule has 37 heavy (non-hydrogen) atoms. The van der Waals surface area contributed by atoms with Gasteiger partial charge in [0.15, 0.2) is 0 Å². The zero-order valence-electron chi connectivity index (χ0n) is 19.7. The van der Waals surface area contributed by atoms with E-state index in [4.69, 9.17) is 34.8 Å². The number of carbonyl (C=O) groups excluding carboxylic acids is 1. The SMILES string of the molecule is O=C1/C(=C\C=C2\N(c3c(Cl)cccc3Cl)c3ccc(Cl)cc3C23CCCCC3)S(=O)(=O)c2ccccc21. The smallest absolute Gasteiger partial charge is 0.211 e. The molecule has 3 aromatic carbocycles. The molecule has 3 aromatic rings. The second-order valence-electron chi connectivity index (χ2n) is 9.62. The molecule has 8 heteroatoms. The highest BCUT2D eigenvalue weighted by atomic mass is 35.5. The van der Waals surface area contributed by atoms with Gasteiger partial charge in [0.25, 0.3) is 0 Å². The van der Waals surface area contributed by atoms with Crippen LogP contribution in [0.4, 0.5) is 11.4 Å². The normalized spacial score (nSPS) is 21.6. The zero-order chi connectivity index (χ0) is 25.9. The number of hydrogen-bond donors (Lipinski definition) is 0. The fraction of sp³-hybridized carbons (Fsp3) is 0.207. The molecule has 4 nitrogen and oxygen atoms in total. The lowest BCUT2D eigenvalue weighted by atomic mass is 9.68. The van der Waals surface area contributed by atoms with Crippen molar-refractivity contribution in [3.8, 4) is 0 Å². The maximum atomic E-state index is 13.3. The van der Waals surface area contributed by atoms with Crippen LogP contribution < -0.4 is 4.90 Å². The predicted octanol–water partition coefficient (Wildman–Crippen LogP) is 8.44. The van der Waals surface area contributed by atoms with E-state index in [0.29, 0.717) is 20.8 Å². The molecule has 0 unspecified atom stereocenters. The van der Waals surface area contributed by atoms with Crippen molar-refractivity contribution >= 4 is 61.8 Å². The van der Waals surface area contributed by atoms with E-state index in [1.165, 1.54) is 12.1 Å². The third kappa shape index (κ3) is 3.70. The molecule has 0 saturated heterocycles. The summed E-state index contributed by atoms with van der Waals surface area (Å²) >= 11 is 19.9. The lowest BCUT2D eigenvalue weighted by Crippen LogP contribution is -2.32. The summed E-state index contributed by atoms with van der Waals surface area (Å²) in [6.45, 7) is 0. The summed E-state index contributed by atoms with van der Waals surface area (Å²) in [7, 11) is -3.93. The summed E-state index contributed by atoms with van der Waals surface area (Å²) in [6.07, 6.45) is 8.06. The van der Waals surface area contributed by atoms with Crippen LogP contribution in [0.25, 0.3) is 0 Å². The molecule has 1 aliphatic carbocycles. The van der Waals surface area contributed by atoms with Crippen molar-refractivity contribution in [3.05, 3.63) is 110 Å². The number of allylic oxidation sites excluding steroid dienone is 4. The number of sulfone groups is 1. The van der Waals surface area contributed by atoms with E-state index in [1.54, 1.807) is 42.5 Å². The first-order chi connectivity index (χ1) is 17.8. The number of anilines is 2. The minimum atomic E-state index is -3.93. The number of hydrogen-bond acceptors (Lipinski definition) is 4. The Balaban J connectivity index is 1.62. The average molecular weight is 571 g/mol. The van der Waals surface area contributed by atoms with Crippen molar-refractivity contribution in [1.82, 2.24) is 0 Å². The van der Waals surface area contributed by atoms with Gasteiger partial charge in [-0.2, -0.15) is 0 Å². The van der Waals surface area contributed by atoms with Crippen LogP contribution in [0.2, 0.25) is 15.1 Å². The van der Waals surface area contributed by atoms with Crippen LogP contribution in [0.3, 0.4) is 0 Å². The first-order valence-corrected chi connectivity index (χ1v) is 14.7. The minimum Gasteiger partial charge on any atom is -0.310 e. The number of halogens is 3. The van der Waals surface area contributed by atoms with Gasteiger partial charge in [-0.3, -0.25) is 4.79 Å². The average Bonchev–Trinajstić information content (AvgIpc) is 3.23. The minimum absolute atomic E-state index is 0.0459. The molecule has 2 aliphatic heterocycles. The van der Waals surface area contributed by atoms with Crippen LogP contribution in [0, 0.1) is 0 Å². The Kier molecular flexibility index (Phi) is 6.03. The van der Waals surface area contributed by atoms with E-state index >= 15 is 0 Å². The van der Waals surface area contributed by atoms with Crippen molar-refractivity contribution in [3.63, 3.8) is 0 Å². The fourth-order valence-electron chi connectivity index (χ4n) is 6.01. The molecule has 0 bridgehead atoms. The Morgan fingerprint density at radius 2 is 1.54 bits per heavy atom. The van der Waals surface area contributed by atoms with Gasteiger partial charge < -0.3 is 4.90 Å². The highest BCUT2D eigenvalue weighted by Crippen LogP contribution is 2.59. The summed E-state index contributed by atoms with van der Waals surface area (Å²) in [4.78, 5) is 15.0. The first kappa shape index (κ1) is 24.7. The number of rotatable bonds is 2. The van der Waals surface area contributed by atoms with Crippen LogP contribution in [0.5, 0.6) is 0 Å². The summed E-state index contributed by atoms with van der Waals surface area (Å²) in [5, 5.41) is 1.56. The predicted molar refractivity (Wildman–Crippen MR) is 149 cm³/mol. The molecule has 6 rings (SSSR count). The maximum Gasteiger partial charge on any atom is 0.211 e. The number of fused-ring (bicyclic) bond motifs is 3. The molecule has 1 saturated carbocycles. The summed E-state index contributed by atoms with van der Waals surface area (Å²) in [5.41, 5.74) is 3.19. The molecule has 2 heterocycles.